The van der Waals surface area contributed by atoms with Gasteiger partial charge in [0.2, 0.25) is 29.5 Å². The number of aliphatic imine (C=N–C) groups is 1. The molecule has 16 nitrogen and oxygen atoms in total. The van der Waals surface area contributed by atoms with Crippen LogP contribution < -0.4 is 20.7 Å². The first-order valence-corrected chi connectivity index (χ1v) is 26.7. The molecule has 1 aliphatic carbocycles. The molecule has 9 rings (SSSR count). The fraction of sp³-hybridized carbons (Fsp3) is 0.426. The Kier molecular flexibility index (Phi) is 15.0. The van der Waals surface area contributed by atoms with E-state index >= 15 is 0 Å². The van der Waals surface area contributed by atoms with Crippen molar-refractivity contribution in [3.63, 3.8) is 0 Å². The first-order valence-electron chi connectivity index (χ1n) is 24.7. The maximum Gasteiger partial charge on any atom is 0.246 e. The fourth-order valence-corrected chi connectivity index (χ4v) is 11.8. The van der Waals surface area contributed by atoms with E-state index in [-0.39, 0.29) is 61.7 Å². The number of aliphatic hydroxyl groups excluding tert-OH is 1. The summed E-state index contributed by atoms with van der Waals surface area (Å²) in [5, 5.41) is 30.4. The third-order valence-corrected chi connectivity index (χ3v) is 16.4. The quantitative estimate of drug-likeness (QED) is 0.0779. The zero-order valence-corrected chi connectivity index (χ0v) is 44.6. The van der Waals surface area contributed by atoms with Crippen LogP contribution in [0.15, 0.2) is 77.4 Å². The molecule has 5 atom stereocenters. The lowest BCUT2D eigenvalue weighted by Crippen LogP contribution is -2.57. The Morgan fingerprint density at radius 2 is 1.63 bits per heavy atom. The van der Waals surface area contributed by atoms with Crippen molar-refractivity contribution in [3.8, 4) is 21.3 Å². The lowest BCUT2D eigenvalue weighted by Gasteiger charge is -2.35. The molecule has 1 saturated heterocycles. The number of carbonyl (C=O) groups excluding carboxylic acids is 4. The average Bonchev–Trinajstić information content (AvgIpc) is 4.11. The van der Waals surface area contributed by atoms with Gasteiger partial charge in [-0.3, -0.25) is 28.7 Å². The SMILES string of the molecule is Cc1ncsc1-c1ccc([C@H](C)NC(=O)[C@@H]2C[C@@H](O)CN2C(=O)[C@@H](NC(=O)CCc2ccc(O[C@H]3C[C@@H](NC(=O)C[C@@H]4N=C(c5ccc(Cl)cc5)c5c(sc(C)c5C)-n5c(C)nnc54)C3)nc2)C(C)(C)C)cc1. The van der Waals surface area contributed by atoms with Gasteiger partial charge >= 0.3 is 0 Å². The number of benzene rings is 2. The number of amides is 4. The van der Waals surface area contributed by atoms with Gasteiger partial charge in [-0.25, -0.2) is 9.97 Å². The Balaban J connectivity index is 0.750. The van der Waals surface area contributed by atoms with Gasteiger partial charge in [0.05, 0.1) is 40.4 Å². The van der Waals surface area contributed by atoms with Gasteiger partial charge in [0.1, 0.15) is 35.1 Å². The molecule has 19 heteroatoms. The fourth-order valence-electron chi connectivity index (χ4n) is 9.68. The van der Waals surface area contributed by atoms with Crippen molar-refractivity contribution in [2.45, 2.75) is 136 Å². The maximum atomic E-state index is 14.2. The van der Waals surface area contributed by atoms with E-state index in [1.54, 1.807) is 34.9 Å². The van der Waals surface area contributed by atoms with E-state index in [4.69, 9.17) is 21.3 Å². The monoisotopic (exact) mass is 1040 g/mol. The predicted molar refractivity (Wildman–Crippen MR) is 282 cm³/mol. The molecule has 4 amide bonds. The van der Waals surface area contributed by atoms with E-state index in [2.05, 4.69) is 50.0 Å². The van der Waals surface area contributed by atoms with Crippen LogP contribution in [-0.4, -0.2) is 101 Å². The topological polar surface area (TPSA) is 206 Å². The highest BCUT2D eigenvalue weighted by atomic mass is 35.5. The van der Waals surface area contributed by atoms with Gasteiger partial charge in [0.25, 0.3) is 0 Å². The zero-order valence-electron chi connectivity index (χ0n) is 42.2. The number of thiazole rings is 1. The van der Waals surface area contributed by atoms with E-state index in [1.165, 1.54) is 9.78 Å². The largest absolute Gasteiger partial charge is 0.474 e. The van der Waals surface area contributed by atoms with Gasteiger partial charge in [-0.05, 0) is 80.8 Å². The number of hydrogen-bond acceptors (Lipinski definition) is 13. The predicted octanol–water partition coefficient (Wildman–Crippen LogP) is 8.05. The van der Waals surface area contributed by atoms with Crippen LogP contribution in [0.5, 0.6) is 5.88 Å². The average molecular weight is 1050 g/mol. The summed E-state index contributed by atoms with van der Waals surface area (Å²) in [6, 6.07) is 16.3. The minimum absolute atomic E-state index is 0.0158. The molecule has 2 fully saturated rings. The molecular formula is C54H61ClN10O6S2. The number of nitrogens with zero attached hydrogens (tertiary/aromatic N) is 7. The van der Waals surface area contributed by atoms with Crippen LogP contribution in [0.3, 0.4) is 0 Å². The van der Waals surface area contributed by atoms with Crippen LogP contribution in [0.4, 0.5) is 0 Å². The maximum absolute atomic E-state index is 14.2. The molecule has 2 aromatic carbocycles. The zero-order chi connectivity index (χ0) is 51.9. The number of hydrogen-bond donors (Lipinski definition) is 4. The molecule has 4 N–H and O–H groups in total. The highest BCUT2D eigenvalue weighted by Gasteiger charge is 2.45. The molecule has 1 saturated carbocycles. The van der Waals surface area contributed by atoms with Crippen molar-refractivity contribution in [1.29, 1.82) is 0 Å². The third-order valence-electron chi connectivity index (χ3n) is 14.0. The van der Waals surface area contributed by atoms with E-state index in [0.717, 1.165) is 60.5 Å². The van der Waals surface area contributed by atoms with Crippen LogP contribution in [0.2, 0.25) is 5.02 Å². The van der Waals surface area contributed by atoms with Gasteiger partial charge in [-0.15, -0.1) is 32.9 Å². The van der Waals surface area contributed by atoms with Gasteiger partial charge in [-0.2, -0.15) is 0 Å². The van der Waals surface area contributed by atoms with Crippen molar-refractivity contribution in [2.75, 3.05) is 6.54 Å². The Morgan fingerprint density at radius 1 is 0.904 bits per heavy atom. The Hall–Kier alpha value is -6.34. The molecule has 6 aromatic rings. The number of likely N-dealkylation sites (tertiary alicyclic amines) is 1. The summed E-state index contributed by atoms with van der Waals surface area (Å²) in [6.45, 7) is 15.5. The van der Waals surface area contributed by atoms with E-state index in [0.29, 0.717) is 36.0 Å². The van der Waals surface area contributed by atoms with Gasteiger partial charge < -0.3 is 30.7 Å². The number of carbonyl (C=O) groups is 4. The minimum Gasteiger partial charge on any atom is -0.474 e. The number of rotatable bonds is 15. The second-order valence-electron chi connectivity index (χ2n) is 20.5. The second kappa shape index (κ2) is 21.2. The number of aromatic nitrogens is 5. The van der Waals surface area contributed by atoms with Crippen molar-refractivity contribution < 1.29 is 29.0 Å². The number of aliphatic hydroxyl groups is 1. The molecule has 2 aliphatic heterocycles. The van der Waals surface area contributed by atoms with E-state index in [1.807, 2.05) is 106 Å². The first kappa shape index (κ1) is 51.6. The van der Waals surface area contributed by atoms with Gasteiger partial charge in [0, 0.05) is 71.6 Å². The number of ether oxygens (including phenoxy) is 1. The summed E-state index contributed by atoms with van der Waals surface area (Å²) in [5.74, 6) is 0.536. The van der Waals surface area contributed by atoms with Crippen LogP contribution in [0, 0.1) is 33.1 Å². The number of thiophene rings is 1. The number of β-amino-alcohol motifs (C(OH)–C–C–N with tert-alkyl or cyclic N) is 1. The standard InChI is InChI=1S/C54H61ClN10O6S2/c1-28-31(4)73-53-46(28)47(35-15-17-37(55)18-16-35)60-41(50-63-62-32(5)65(50)53)24-44(68)59-38-21-40(22-38)71-45-20-10-33(25-56-45)9-19-43(67)61-49(54(6,7)8)52(70)64-26-39(66)23-42(64)51(69)58-29(2)34-11-13-36(14-12-34)48-30(3)57-27-72-48/h10-18,20,25,27,29,38-42,49,66H,9,19,21-24,26H2,1-8H3,(H,58,69)(H,59,68)(H,61,67)/t29-,38-,39+,40+,41-,42-,49+/m0/s1. The summed E-state index contributed by atoms with van der Waals surface area (Å²) >= 11 is 9.51. The number of fused-ring (bicyclic) bond motifs is 3. The summed E-state index contributed by atoms with van der Waals surface area (Å²) in [5.41, 5.74) is 8.67. The molecule has 3 aliphatic rings. The summed E-state index contributed by atoms with van der Waals surface area (Å²) in [6.07, 6.45) is 2.53. The summed E-state index contributed by atoms with van der Waals surface area (Å²) in [7, 11) is 0. The highest BCUT2D eigenvalue weighted by Crippen LogP contribution is 2.40. The van der Waals surface area contributed by atoms with Crippen molar-refractivity contribution in [3.05, 3.63) is 127 Å². The summed E-state index contributed by atoms with van der Waals surface area (Å²) < 4.78 is 8.19. The molecule has 382 valence electrons. The van der Waals surface area contributed by atoms with Crippen LogP contribution in [0.1, 0.15) is 122 Å². The number of aryl methyl sites for hydroxylation is 4. The normalized spacial score (nSPS) is 20.2. The molecular weight excluding hydrogens is 984 g/mol. The molecule has 0 spiro atoms. The van der Waals surface area contributed by atoms with Crippen molar-refractivity contribution in [1.82, 2.24) is 45.6 Å². The van der Waals surface area contributed by atoms with Crippen LogP contribution in [0.25, 0.3) is 15.4 Å². The van der Waals surface area contributed by atoms with Crippen molar-refractivity contribution >= 4 is 63.6 Å². The third kappa shape index (κ3) is 11.3. The van der Waals surface area contributed by atoms with Gasteiger partial charge in [-0.1, -0.05) is 74.8 Å². The Bertz CT molecular complexity index is 3050. The molecule has 4 aromatic heterocycles. The van der Waals surface area contributed by atoms with E-state index < -0.39 is 35.6 Å². The van der Waals surface area contributed by atoms with E-state index in [9.17, 15) is 24.3 Å². The first-order chi connectivity index (χ1) is 34.8. The highest BCUT2D eigenvalue weighted by molar-refractivity contribution is 7.15. The Morgan fingerprint density at radius 3 is 2.30 bits per heavy atom. The second-order valence-corrected chi connectivity index (χ2v) is 23.0. The van der Waals surface area contributed by atoms with Crippen molar-refractivity contribution in [2.24, 2.45) is 10.4 Å². The van der Waals surface area contributed by atoms with Gasteiger partial charge in [0.15, 0.2) is 5.82 Å². The molecule has 0 bridgehead atoms. The lowest BCUT2D eigenvalue weighted by atomic mass is 9.85. The smallest absolute Gasteiger partial charge is 0.246 e. The van der Waals surface area contributed by atoms with Crippen LogP contribution >= 0.6 is 34.3 Å². The Labute approximate surface area is 438 Å². The number of pyridine rings is 1. The molecule has 6 heterocycles. The lowest BCUT2D eigenvalue weighted by molar-refractivity contribution is -0.144. The summed E-state index contributed by atoms with van der Waals surface area (Å²) in [4.78, 5) is 72.8. The molecule has 73 heavy (non-hydrogen) atoms. The molecule has 0 unspecified atom stereocenters. The van der Waals surface area contributed by atoms with Crippen LogP contribution in [-0.2, 0) is 25.6 Å². The number of nitrogens with one attached hydrogen (secondary N) is 3. The number of halogens is 1. The minimum atomic E-state index is -0.946. The molecule has 0 radical (unpaired) electrons.